The van der Waals surface area contributed by atoms with E-state index in [0.29, 0.717) is 11.5 Å². The number of ether oxygens (including phenoxy) is 1. The minimum atomic E-state index is -0.929. The highest BCUT2D eigenvalue weighted by Gasteiger charge is 2.21. The van der Waals surface area contributed by atoms with E-state index in [0.717, 1.165) is 12.4 Å². The maximum absolute atomic E-state index is 11.9. The number of amides is 1. The molecule has 20 heavy (non-hydrogen) atoms. The monoisotopic (exact) mass is 277 g/mol. The minimum absolute atomic E-state index is 0.0890. The molecule has 0 saturated heterocycles. The van der Waals surface area contributed by atoms with Gasteiger partial charge in [-0.15, -0.1) is 0 Å². The number of rotatable bonds is 7. The molecule has 0 spiro atoms. The summed E-state index contributed by atoms with van der Waals surface area (Å²) in [5, 5.41) is 11.3. The second-order valence-corrected chi connectivity index (χ2v) is 5.25. The number of carboxylic acids is 1. The molecule has 1 unspecified atom stereocenters. The molecule has 2 N–H and O–H groups in total. The van der Waals surface area contributed by atoms with Gasteiger partial charge in [-0.3, -0.25) is 9.59 Å². The van der Waals surface area contributed by atoms with Crippen LogP contribution in [0.5, 0.6) is 5.75 Å². The third kappa shape index (κ3) is 4.57. The molecule has 0 radical (unpaired) electrons. The molecule has 1 amide bonds. The molecule has 0 heterocycles. The molecule has 1 fully saturated rings. The molecule has 2 rings (SSSR count). The van der Waals surface area contributed by atoms with Crippen LogP contribution in [0.1, 0.15) is 36.5 Å². The van der Waals surface area contributed by atoms with Crippen LogP contribution in [0, 0.1) is 5.92 Å². The van der Waals surface area contributed by atoms with Crippen LogP contribution < -0.4 is 10.1 Å². The fraction of sp³-hybridized carbons (Fsp3) is 0.467. The lowest BCUT2D eigenvalue weighted by Crippen LogP contribution is -2.34. The van der Waals surface area contributed by atoms with E-state index in [9.17, 15) is 9.59 Å². The van der Waals surface area contributed by atoms with E-state index >= 15 is 0 Å². The maximum Gasteiger partial charge on any atom is 0.305 e. The van der Waals surface area contributed by atoms with Gasteiger partial charge >= 0.3 is 5.97 Å². The summed E-state index contributed by atoms with van der Waals surface area (Å²) in [4.78, 5) is 22.4. The zero-order valence-electron chi connectivity index (χ0n) is 11.5. The first-order valence-electron chi connectivity index (χ1n) is 6.80. The lowest BCUT2D eigenvalue weighted by molar-refractivity contribution is -0.137. The number of carbonyl (C=O) groups excluding carboxylic acids is 1. The van der Waals surface area contributed by atoms with Crippen molar-refractivity contribution >= 4 is 11.9 Å². The molecular weight excluding hydrogens is 258 g/mol. The fourth-order valence-electron chi connectivity index (χ4n) is 1.82. The van der Waals surface area contributed by atoms with Gasteiger partial charge in [-0.2, -0.15) is 0 Å². The van der Waals surface area contributed by atoms with Crippen molar-refractivity contribution < 1.29 is 19.4 Å². The third-order valence-electron chi connectivity index (χ3n) is 3.16. The molecule has 1 saturated carbocycles. The topological polar surface area (TPSA) is 75.6 Å². The predicted molar refractivity (Wildman–Crippen MR) is 73.8 cm³/mol. The Hall–Kier alpha value is -2.04. The van der Waals surface area contributed by atoms with Gasteiger partial charge in [0.05, 0.1) is 13.0 Å². The van der Waals surface area contributed by atoms with Gasteiger partial charge in [0.15, 0.2) is 0 Å². The molecule has 1 aliphatic rings. The van der Waals surface area contributed by atoms with Crippen LogP contribution in [-0.2, 0) is 4.79 Å². The second kappa shape index (κ2) is 6.41. The highest BCUT2D eigenvalue weighted by atomic mass is 16.5. The van der Waals surface area contributed by atoms with Gasteiger partial charge in [0.1, 0.15) is 5.75 Å². The van der Waals surface area contributed by atoms with Gasteiger partial charge in [-0.25, -0.2) is 0 Å². The largest absolute Gasteiger partial charge is 0.493 e. The van der Waals surface area contributed by atoms with Crippen LogP contribution in [0.4, 0.5) is 0 Å². The van der Waals surface area contributed by atoms with Gasteiger partial charge in [0.2, 0.25) is 0 Å². The highest BCUT2D eigenvalue weighted by molar-refractivity contribution is 5.94. The zero-order chi connectivity index (χ0) is 14.5. The Balaban J connectivity index is 1.84. The van der Waals surface area contributed by atoms with Crippen LogP contribution in [0.15, 0.2) is 24.3 Å². The molecule has 1 aliphatic carbocycles. The van der Waals surface area contributed by atoms with Crippen LogP contribution >= 0.6 is 0 Å². The lowest BCUT2D eigenvalue weighted by Gasteiger charge is -2.12. The number of nitrogens with one attached hydrogen (secondary N) is 1. The van der Waals surface area contributed by atoms with Crippen molar-refractivity contribution in [2.45, 2.75) is 32.2 Å². The molecule has 0 aromatic heterocycles. The summed E-state index contributed by atoms with van der Waals surface area (Å²) in [6.07, 6.45) is 2.39. The number of carbonyl (C=O) groups is 2. The van der Waals surface area contributed by atoms with Crippen LogP contribution in [0.3, 0.4) is 0 Å². The fourth-order valence-corrected chi connectivity index (χ4v) is 1.82. The van der Waals surface area contributed by atoms with Crippen molar-refractivity contribution in [2.24, 2.45) is 5.92 Å². The van der Waals surface area contributed by atoms with E-state index in [1.165, 1.54) is 12.8 Å². The van der Waals surface area contributed by atoms with E-state index in [-0.39, 0.29) is 12.3 Å². The molecule has 1 atom stereocenters. The van der Waals surface area contributed by atoms with Crippen molar-refractivity contribution in [2.75, 3.05) is 6.61 Å². The first-order chi connectivity index (χ1) is 9.54. The van der Waals surface area contributed by atoms with E-state index in [1.807, 2.05) is 0 Å². The van der Waals surface area contributed by atoms with E-state index < -0.39 is 12.0 Å². The molecule has 1 aromatic rings. The number of benzene rings is 1. The average Bonchev–Trinajstić information content (AvgIpc) is 3.19. The maximum atomic E-state index is 11.9. The van der Waals surface area contributed by atoms with E-state index in [1.54, 1.807) is 31.2 Å². The number of hydrogen-bond acceptors (Lipinski definition) is 3. The average molecular weight is 277 g/mol. The third-order valence-corrected chi connectivity index (χ3v) is 3.16. The Kier molecular flexibility index (Phi) is 4.61. The van der Waals surface area contributed by atoms with Gasteiger partial charge in [-0.1, -0.05) is 0 Å². The SMILES string of the molecule is CC(CC(=O)O)NC(=O)c1ccc(OCC2CC2)cc1. The second-order valence-electron chi connectivity index (χ2n) is 5.25. The Morgan fingerprint density at radius 2 is 2.00 bits per heavy atom. The van der Waals surface area contributed by atoms with Crippen LogP contribution in [0.25, 0.3) is 0 Å². The zero-order valence-corrected chi connectivity index (χ0v) is 11.5. The Bertz CT molecular complexity index is 479. The highest BCUT2D eigenvalue weighted by Crippen LogP contribution is 2.29. The van der Waals surface area contributed by atoms with E-state index in [2.05, 4.69) is 5.32 Å². The predicted octanol–water partition coefficient (Wildman–Crippen LogP) is 2.07. The van der Waals surface area contributed by atoms with Crippen LogP contribution in [0.2, 0.25) is 0 Å². The van der Waals surface area contributed by atoms with Crippen molar-refractivity contribution in [3.63, 3.8) is 0 Å². The molecular formula is C15H19NO4. The Morgan fingerprint density at radius 1 is 1.35 bits per heavy atom. The summed E-state index contributed by atoms with van der Waals surface area (Å²) in [5.74, 6) is 0.246. The van der Waals surface area contributed by atoms with Crippen molar-refractivity contribution in [1.82, 2.24) is 5.32 Å². The summed E-state index contributed by atoms with van der Waals surface area (Å²) >= 11 is 0. The van der Waals surface area contributed by atoms with E-state index in [4.69, 9.17) is 9.84 Å². The van der Waals surface area contributed by atoms with Crippen molar-refractivity contribution in [3.05, 3.63) is 29.8 Å². The molecule has 0 aliphatic heterocycles. The standard InChI is InChI=1S/C15H19NO4/c1-10(8-14(17)18)16-15(19)12-4-6-13(7-5-12)20-9-11-2-3-11/h4-7,10-11H,2-3,8-9H2,1H3,(H,16,19)(H,17,18). The Morgan fingerprint density at radius 3 is 2.55 bits per heavy atom. The minimum Gasteiger partial charge on any atom is -0.493 e. The van der Waals surface area contributed by atoms with Gasteiger partial charge in [0, 0.05) is 11.6 Å². The number of aliphatic carboxylic acids is 1. The molecule has 0 bridgehead atoms. The number of carboxylic acid groups (broad SMARTS) is 1. The normalized spacial score (nSPS) is 15.4. The summed E-state index contributed by atoms with van der Waals surface area (Å²) in [7, 11) is 0. The van der Waals surface area contributed by atoms with Gasteiger partial charge in [-0.05, 0) is 49.9 Å². The smallest absolute Gasteiger partial charge is 0.305 e. The van der Waals surface area contributed by atoms with Gasteiger partial charge in [0.25, 0.3) is 5.91 Å². The first-order valence-corrected chi connectivity index (χ1v) is 6.80. The lowest BCUT2D eigenvalue weighted by atomic mass is 10.1. The molecule has 5 nitrogen and oxygen atoms in total. The quantitative estimate of drug-likeness (QED) is 0.800. The molecule has 5 heteroatoms. The first kappa shape index (κ1) is 14.4. The van der Waals surface area contributed by atoms with Crippen molar-refractivity contribution in [3.8, 4) is 5.75 Å². The van der Waals surface area contributed by atoms with Crippen molar-refractivity contribution in [1.29, 1.82) is 0 Å². The van der Waals surface area contributed by atoms with Crippen LogP contribution in [-0.4, -0.2) is 29.6 Å². The van der Waals surface area contributed by atoms with Gasteiger partial charge < -0.3 is 15.2 Å². The summed E-state index contributed by atoms with van der Waals surface area (Å²) in [6.45, 7) is 2.40. The molecule has 1 aromatic carbocycles. The summed E-state index contributed by atoms with van der Waals surface area (Å²) in [5.41, 5.74) is 0.501. The summed E-state index contributed by atoms with van der Waals surface area (Å²) < 4.78 is 5.59. The number of hydrogen-bond donors (Lipinski definition) is 2. The Labute approximate surface area is 117 Å². The summed E-state index contributed by atoms with van der Waals surface area (Å²) in [6, 6.07) is 6.50. The molecule has 108 valence electrons.